The molecule has 1 saturated heterocycles. The minimum Gasteiger partial charge on any atom is -0.494 e. The van der Waals surface area contributed by atoms with Crippen LogP contribution >= 0.6 is 11.3 Å². The predicted octanol–water partition coefficient (Wildman–Crippen LogP) is 4.56. The Balaban J connectivity index is 1.54. The van der Waals surface area contributed by atoms with Crippen LogP contribution in [0, 0.1) is 5.92 Å². The highest BCUT2D eigenvalue weighted by Crippen LogP contribution is 2.40. The molecule has 1 aromatic carbocycles. The number of hydrogen-bond donors (Lipinski definition) is 2. The molecule has 166 valence electrons. The molecule has 1 fully saturated rings. The lowest BCUT2D eigenvalue weighted by Gasteiger charge is -2.19. The highest BCUT2D eigenvalue weighted by Gasteiger charge is 2.29. The van der Waals surface area contributed by atoms with Crippen LogP contribution in [0.1, 0.15) is 53.9 Å². The first-order chi connectivity index (χ1) is 15.0. The normalized spacial score (nSPS) is 18.5. The van der Waals surface area contributed by atoms with Gasteiger partial charge in [-0.1, -0.05) is 6.92 Å². The molecule has 1 unspecified atom stereocenters. The molecule has 1 aliphatic heterocycles. The third-order valence-corrected chi connectivity index (χ3v) is 7.15. The number of ether oxygens (including phenoxy) is 1. The number of benzene rings is 1. The molecular formula is C24H31N3O3S. The number of likely N-dealkylation sites (tertiary alicyclic amines) is 1. The Morgan fingerprint density at radius 1 is 1.16 bits per heavy atom. The number of thiophene rings is 1. The molecule has 0 saturated carbocycles. The van der Waals surface area contributed by atoms with Crippen molar-refractivity contribution in [1.29, 1.82) is 0 Å². The monoisotopic (exact) mass is 441 g/mol. The van der Waals surface area contributed by atoms with E-state index in [4.69, 9.17) is 4.74 Å². The maximum absolute atomic E-state index is 13.3. The topological polar surface area (TPSA) is 70.7 Å². The summed E-state index contributed by atoms with van der Waals surface area (Å²) < 4.78 is 5.48. The van der Waals surface area contributed by atoms with E-state index < -0.39 is 0 Å². The largest absolute Gasteiger partial charge is 0.494 e. The summed E-state index contributed by atoms with van der Waals surface area (Å²) in [5.41, 5.74) is 2.45. The summed E-state index contributed by atoms with van der Waals surface area (Å²) in [5, 5.41) is 6.76. The minimum absolute atomic E-state index is 0.0383. The zero-order valence-corrected chi connectivity index (χ0v) is 19.1. The Hall–Kier alpha value is -2.38. The standard InChI is InChI=1S/C24H31N3O3S/c1-3-30-18-9-7-17(8-10-18)25-23(29)22-19-11-6-16(2)14-20(19)31-24(22)26-21(28)15-27-12-4-5-13-27/h7-10,16H,3-6,11-15H2,1-2H3,(H,25,29)(H,26,28). The molecule has 0 spiro atoms. The van der Waals surface area contributed by atoms with Gasteiger partial charge in [0.25, 0.3) is 5.91 Å². The van der Waals surface area contributed by atoms with Crippen LogP contribution in [0.15, 0.2) is 24.3 Å². The van der Waals surface area contributed by atoms with E-state index >= 15 is 0 Å². The van der Waals surface area contributed by atoms with Crippen LogP contribution in [-0.4, -0.2) is 43.0 Å². The maximum atomic E-state index is 13.3. The van der Waals surface area contributed by atoms with Crippen LogP contribution in [0.2, 0.25) is 0 Å². The molecule has 1 aliphatic carbocycles. The summed E-state index contributed by atoms with van der Waals surface area (Å²) in [6.07, 6.45) is 5.20. The number of carbonyl (C=O) groups excluding carboxylic acids is 2. The molecule has 6 nitrogen and oxygen atoms in total. The number of fused-ring (bicyclic) bond motifs is 1. The van der Waals surface area contributed by atoms with E-state index in [1.807, 2.05) is 31.2 Å². The Bertz CT molecular complexity index is 932. The predicted molar refractivity (Wildman–Crippen MR) is 125 cm³/mol. The quantitative estimate of drug-likeness (QED) is 0.661. The summed E-state index contributed by atoms with van der Waals surface area (Å²) >= 11 is 1.57. The average molecular weight is 442 g/mol. The second kappa shape index (κ2) is 9.83. The van der Waals surface area contributed by atoms with Crippen molar-refractivity contribution >= 4 is 33.8 Å². The van der Waals surface area contributed by atoms with Crippen LogP contribution < -0.4 is 15.4 Å². The summed E-state index contributed by atoms with van der Waals surface area (Å²) in [4.78, 5) is 29.4. The summed E-state index contributed by atoms with van der Waals surface area (Å²) in [7, 11) is 0. The van der Waals surface area contributed by atoms with Gasteiger partial charge in [-0.25, -0.2) is 0 Å². The van der Waals surface area contributed by atoms with Gasteiger partial charge in [-0.2, -0.15) is 0 Å². The smallest absolute Gasteiger partial charge is 0.258 e. The van der Waals surface area contributed by atoms with E-state index in [1.165, 1.54) is 4.88 Å². The summed E-state index contributed by atoms with van der Waals surface area (Å²) in [5.74, 6) is 1.18. The van der Waals surface area contributed by atoms with Crippen molar-refractivity contribution in [3.05, 3.63) is 40.3 Å². The van der Waals surface area contributed by atoms with Crippen molar-refractivity contribution in [2.24, 2.45) is 5.92 Å². The number of nitrogens with zero attached hydrogens (tertiary/aromatic N) is 1. The lowest BCUT2D eigenvalue weighted by Crippen LogP contribution is -2.31. The molecule has 2 heterocycles. The molecule has 2 amide bonds. The van der Waals surface area contributed by atoms with Gasteiger partial charge in [0, 0.05) is 10.6 Å². The minimum atomic E-state index is -0.160. The zero-order valence-electron chi connectivity index (χ0n) is 18.3. The summed E-state index contributed by atoms with van der Waals surface area (Å²) in [6, 6.07) is 7.38. The SMILES string of the molecule is CCOc1ccc(NC(=O)c2c(NC(=O)CN3CCCC3)sc3c2CCC(C)C3)cc1. The van der Waals surface area contributed by atoms with Crippen molar-refractivity contribution in [3.63, 3.8) is 0 Å². The number of hydrogen-bond acceptors (Lipinski definition) is 5. The molecule has 1 aromatic heterocycles. The van der Waals surface area contributed by atoms with Crippen LogP contribution in [0.5, 0.6) is 5.75 Å². The van der Waals surface area contributed by atoms with Gasteiger partial charge >= 0.3 is 0 Å². The number of anilines is 2. The number of nitrogens with one attached hydrogen (secondary N) is 2. The Morgan fingerprint density at radius 2 is 1.90 bits per heavy atom. The second-order valence-corrected chi connectivity index (χ2v) is 9.60. The lowest BCUT2D eigenvalue weighted by atomic mass is 9.88. The second-order valence-electron chi connectivity index (χ2n) is 8.50. The van der Waals surface area contributed by atoms with E-state index in [9.17, 15) is 9.59 Å². The van der Waals surface area contributed by atoms with Crippen molar-refractivity contribution in [1.82, 2.24) is 4.90 Å². The Morgan fingerprint density at radius 3 is 2.61 bits per heavy atom. The van der Waals surface area contributed by atoms with Gasteiger partial charge in [0.2, 0.25) is 5.91 Å². The van der Waals surface area contributed by atoms with Crippen LogP contribution in [-0.2, 0) is 17.6 Å². The van der Waals surface area contributed by atoms with Gasteiger partial charge in [-0.3, -0.25) is 14.5 Å². The Kier molecular flexibility index (Phi) is 6.92. The molecule has 2 aliphatic rings. The highest BCUT2D eigenvalue weighted by molar-refractivity contribution is 7.17. The molecule has 4 rings (SSSR count). The average Bonchev–Trinajstić information content (AvgIpc) is 3.36. The number of carbonyl (C=O) groups is 2. The molecule has 2 N–H and O–H groups in total. The molecule has 1 atom stereocenters. The van der Waals surface area contributed by atoms with Crippen molar-refractivity contribution < 1.29 is 14.3 Å². The van der Waals surface area contributed by atoms with Gasteiger partial charge in [-0.05, 0) is 87.9 Å². The van der Waals surface area contributed by atoms with Crippen molar-refractivity contribution in [3.8, 4) is 5.75 Å². The number of rotatable bonds is 7. The van der Waals surface area contributed by atoms with E-state index in [2.05, 4.69) is 22.5 Å². The first-order valence-corrected chi connectivity index (χ1v) is 12.1. The number of amides is 2. The molecular weight excluding hydrogens is 410 g/mol. The zero-order chi connectivity index (χ0) is 21.8. The third kappa shape index (κ3) is 5.28. The van der Waals surface area contributed by atoms with Crippen LogP contribution in [0.4, 0.5) is 10.7 Å². The van der Waals surface area contributed by atoms with E-state index in [-0.39, 0.29) is 11.8 Å². The van der Waals surface area contributed by atoms with E-state index in [0.717, 1.165) is 56.5 Å². The van der Waals surface area contributed by atoms with Gasteiger partial charge in [0.15, 0.2) is 0 Å². The van der Waals surface area contributed by atoms with E-state index in [1.54, 1.807) is 11.3 Å². The fourth-order valence-corrected chi connectivity index (χ4v) is 5.81. The summed E-state index contributed by atoms with van der Waals surface area (Å²) in [6.45, 7) is 7.11. The first-order valence-electron chi connectivity index (χ1n) is 11.2. The molecule has 0 bridgehead atoms. The highest BCUT2D eigenvalue weighted by atomic mass is 32.1. The van der Waals surface area contributed by atoms with Gasteiger partial charge in [0.05, 0.1) is 18.7 Å². The Labute approximate surface area is 188 Å². The first kappa shape index (κ1) is 21.8. The maximum Gasteiger partial charge on any atom is 0.258 e. The van der Waals surface area contributed by atoms with Crippen molar-refractivity contribution in [2.75, 3.05) is 36.9 Å². The molecule has 7 heteroatoms. The fraction of sp³-hybridized carbons (Fsp3) is 0.500. The van der Waals surface area contributed by atoms with Gasteiger partial charge < -0.3 is 15.4 Å². The molecule has 2 aromatic rings. The molecule has 31 heavy (non-hydrogen) atoms. The van der Waals surface area contributed by atoms with Gasteiger partial charge in [0.1, 0.15) is 10.8 Å². The fourth-order valence-electron chi connectivity index (χ4n) is 4.38. The van der Waals surface area contributed by atoms with Crippen LogP contribution in [0.3, 0.4) is 0 Å². The van der Waals surface area contributed by atoms with Gasteiger partial charge in [-0.15, -0.1) is 11.3 Å². The molecule has 0 radical (unpaired) electrons. The lowest BCUT2D eigenvalue weighted by molar-refractivity contribution is -0.117. The third-order valence-electron chi connectivity index (χ3n) is 5.98. The van der Waals surface area contributed by atoms with E-state index in [0.29, 0.717) is 35.3 Å². The van der Waals surface area contributed by atoms with Crippen LogP contribution in [0.25, 0.3) is 0 Å². The van der Waals surface area contributed by atoms with Crippen molar-refractivity contribution in [2.45, 2.75) is 46.0 Å².